The second-order valence-corrected chi connectivity index (χ2v) is 33.9. The van der Waals surface area contributed by atoms with Crippen molar-refractivity contribution >= 4 is 23.5 Å². The smallest absolute Gasteiger partial charge is 0.306 e. The van der Waals surface area contributed by atoms with Crippen LogP contribution in [0.15, 0.2) is 34.9 Å². The number of Topliss-reactive ketones (excluding diaryl/α,β-unsaturated/α-hetero) is 2. The molecule has 6 saturated heterocycles. The largest absolute Gasteiger partial charge is 0.462 e. The average Bonchev–Trinajstić information content (AvgIpc) is 1.60. The zero-order valence-electron chi connectivity index (χ0n) is 68.0. The minimum atomic E-state index is -0.596. The number of nitrogens with one attached hydrogen (secondary N) is 2. The van der Waals surface area contributed by atoms with Gasteiger partial charge in [-0.15, -0.1) is 0 Å². The third-order valence-corrected chi connectivity index (χ3v) is 27.6. The molecule has 16 unspecified atom stereocenters. The predicted octanol–water partition coefficient (Wildman–Crippen LogP) is 12.2. The number of cyclic esters (lactones) is 2. The van der Waals surface area contributed by atoms with Crippen molar-refractivity contribution in [3.8, 4) is 0 Å². The van der Waals surface area contributed by atoms with Crippen LogP contribution in [-0.2, 0) is 95.0 Å². The highest BCUT2D eigenvalue weighted by Gasteiger charge is 2.57. The summed E-state index contributed by atoms with van der Waals surface area (Å²) in [4.78, 5) is 56.6. The number of esters is 2. The summed E-state index contributed by atoms with van der Waals surface area (Å²) < 4.78 is 100. The number of allylic oxidation sites excluding steroid dienone is 6. The van der Waals surface area contributed by atoms with Crippen LogP contribution in [0.5, 0.6) is 0 Å². The van der Waals surface area contributed by atoms with Crippen LogP contribution in [0, 0.1) is 82.9 Å². The summed E-state index contributed by atoms with van der Waals surface area (Å²) in [6.45, 7) is 25.5. The van der Waals surface area contributed by atoms with Gasteiger partial charge >= 0.3 is 11.9 Å². The van der Waals surface area contributed by atoms with Gasteiger partial charge in [-0.1, -0.05) is 51.5 Å². The molecular weight excluding hydrogens is 1370 g/mol. The normalized spacial score (nSPS) is 44.9. The number of carbonyl (C=O) groups excluding carboxylic acids is 4. The quantitative estimate of drug-likeness (QED) is 0.0756. The molecule has 6 heterocycles. The lowest BCUT2D eigenvalue weighted by atomic mass is 9.66. The molecule has 0 aromatic carbocycles. The molecule has 107 heavy (non-hydrogen) atoms. The van der Waals surface area contributed by atoms with E-state index in [0.717, 1.165) is 133 Å². The van der Waals surface area contributed by atoms with Crippen LogP contribution >= 0.6 is 0 Å². The number of rotatable bonds is 22. The Kier molecular flexibility index (Phi) is 31.1. The van der Waals surface area contributed by atoms with Crippen LogP contribution in [0.25, 0.3) is 0 Å². The fourth-order valence-corrected chi connectivity index (χ4v) is 21.8. The lowest BCUT2D eigenvalue weighted by Crippen LogP contribution is -2.60. The number of methoxy groups -OCH3 is 4. The third kappa shape index (κ3) is 19.5. The van der Waals surface area contributed by atoms with E-state index >= 15 is 0 Å². The molecule has 0 radical (unpaired) electrons. The van der Waals surface area contributed by atoms with E-state index in [1.807, 2.05) is 55.6 Å². The number of ether oxygens (including phenoxy) is 16. The summed E-state index contributed by atoms with van der Waals surface area (Å²) in [5.41, 5.74) is 2.90. The van der Waals surface area contributed by atoms with Crippen LogP contribution in [0.4, 0.5) is 0 Å². The fourth-order valence-electron chi connectivity index (χ4n) is 21.8. The minimum absolute atomic E-state index is 0.00162. The van der Waals surface area contributed by atoms with E-state index in [9.17, 15) is 19.2 Å². The van der Waals surface area contributed by atoms with Gasteiger partial charge < -0.3 is 86.4 Å². The maximum atomic E-state index is 14.8. The van der Waals surface area contributed by atoms with Crippen molar-refractivity contribution in [1.29, 1.82) is 0 Å². The summed E-state index contributed by atoms with van der Waals surface area (Å²) >= 11 is 0. The highest BCUT2D eigenvalue weighted by Crippen LogP contribution is 2.59. The first kappa shape index (κ1) is 84.8. The molecule has 0 aromatic heterocycles. The lowest BCUT2D eigenvalue weighted by Gasteiger charge is -2.44. The number of carbonyl (C=O) groups is 4. The SMILES string of the molecule is CCOC1C(OC)C(C)OC(O[C@@H]2C[C@H]3CC[C@@H]4[C@@H](C=C5C(=O)[C@H](C)[C@@H](OC6CCC(CNC)C(C)O6)CCC[C@H](CC)OC(=O)C[C@H]54)[C@@H]3C2)C1OC.CCOC1C(OC)C(C)OC(O[C@H]2C[C@H]3[C@@H]4C=C5C(=O)[C@H](C)[C@@H](OC6CCC(CNC)C(C)O6)CCC[C@H](CC)OC(=O)C[C@H]5[C@@H]4C=C(C)[C@@H]3C2)C1OC. The summed E-state index contributed by atoms with van der Waals surface area (Å²) in [6.07, 6.45) is 17.7. The molecule has 12 aliphatic rings. The van der Waals surface area contributed by atoms with Gasteiger partial charge in [0, 0.05) is 78.4 Å². The summed E-state index contributed by atoms with van der Waals surface area (Å²) in [5.74, 6) is 1.65. The molecule has 12 rings (SSSR count). The Labute approximate surface area is 640 Å². The monoisotopic (exact) mass is 1510 g/mol. The molecule has 9 fully saturated rings. The van der Waals surface area contributed by atoms with E-state index in [4.69, 9.17) is 75.8 Å². The second kappa shape index (κ2) is 39.3. The molecule has 0 aromatic rings. The maximum Gasteiger partial charge on any atom is 0.306 e. The van der Waals surface area contributed by atoms with Crippen LogP contribution < -0.4 is 10.6 Å². The molecule has 6 aliphatic heterocycles. The van der Waals surface area contributed by atoms with Gasteiger partial charge in [0.05, 0.1) is 61.7 Å². The van der Waals surface area contributed by atoms with Gasteiger partial charge in [-0.05, 0) is 248 Å². The lowest BCUT2D eigenvalue weighted by molar-refractivity contribution is -0.317. The number of fused-ring (bicyclic) bond motifs is 10. The van der Waals surface area contributed by atoms with Crippen LogP contribution in [0.2, 0.25) is 0 Å². The zero-order chi connectivity index (χ0) is 76.5. The molecule has 6 aliphatic carbocycles. The molecular formula is C85H138N2O20. The van der Waals surface area contributed by atoms with Crippen molar-refractivity contribution in [3.05, 3.63) is 34.9 Å². The summed E-state index contributed by atoms with van der Waals surface area (Å²) in [6, 6.07) is 0. The maximum absolute atomic E-state index is 14.8. The zero-order valence-corrected chi connectivity index (χ0v) is 68.0. The first-order valence-electron chi connectivity index (χ1n) is 42.1. The predicted molar refractivity (Wildman–Crippen MR) is 402 cm³/mol. The van der Waals surface area contributed by atoms with E-state index < -0.39 is 24.8 Å². The molecule has 3 saturated carbocycles. The van der Waals surface area contributed by atoms with Gasteiger partial charge in [-0.2, -0.15) is 0 Å². The Hall–Kier alpha value is -3.14. The minimum Gasteiger partial charge on any atom is -0.462 e. The molecule has 22 nitrogen and oxygen atoms in total. The second-order valence-electron chi connectivity index (χ2n) is 33.9. The van der Waals surface area contributed by atoms with Crippen molar-refractivity contribution in [2.45, 2.75) is 327 Å². The van der Waals surface area contributed by atoms with Gasteiger partial charge in [-0.25, -0.2) is 0 Å². The first-order chi connectivity index (χ1) is 51.6. The van der Waals surface area contributed by atoms with E-state index in [1.54, 1.807) is 28.4 Å². The average molecular weight is 1510 g/mol. The molecule has 22 heteroatoms. The van der Waals surface area contributed by atoms with Crippen molar-refractivity contribution in [2.75, 3.05) is 68.8 Å². The Morgan fingerprint density at radius 3 is 1.37 bits per heavy atom. The highest BCUT2D eigenvalue weighted by atomic mass is 16.7. The van der Waals surface area contributed by atoms with E-state index in [1.165, 1.54) is 5.57 Å². The molecule has 0 spiro atoms. The van der Waals surface area contributed by atoms with Gasteiger partial charge in [0.15, 0.2) is 36.7 Å². The Morgan fingerprint density at radius 1 is 0.439 bits per heavy atom. The Balaban J connectivity index is 0.000000213. The first-order valence-corrected chi connectivity index (χ1v) is 42.1. The van der Waals surface area contributed by atoms with Gasteiger partial charge in [-0.3, -0.25) is 19.2 Å². The molecule has 608 valence electrons. The van der Waals surface area contributed by atoms with Crippen molar-refractivity contribution in [1.82, 2.24) is 10.6 Å². The number of hydrogen-bond acceptors (Lipinski definition) is 22. The molecule has 0 bridgehead atoms. The molecule has 34 atom stereocenters. The van der Waals surface area contributed by atoms with E-state index in [2.05, 4.69) is 63.5 Å². The highest BCUT2D eigenvalue weighted by molar-refractivity contribution is 6.00. The standard InChI is InChI=1S/C43H69NO10.C42H69NO10/c1-10-28-13-12-14-36(54-38-16-15-27(22-44-7)25(5)50-38)24(4)39(46)35-20-33-31(34(35)21-37(45)52-28)17-23(3)30-18-29(19-32(30)33)53-43-42(48-9)41(49-11-2)40(47-8)26(6)51-43;1-9-28-12-11-13-35(53-37-17-15-27(22-43-6)24(4)49-37)23(3)38(45)34-20-32-30(33(34)21-36(44)51-28)16-14-26-18-29(19-31(26)32)52-42-41(47-8)40(48-10-2)39(46-7)25(5)50-42/h17,20,24-34,36,38,40-44H,10-16,18-19,21-22H2,1-9H3;20,23-33,35,37,39-43H,9-19,21-22H2,1-8H3/t24-,25?,26?,27?,28+,29-,30+,31-,32-,33-,34+,36+,38?,40?,41?,42?,43?;23-,24?,25?,26-,27?,28+,29-,30-,31-,32-,33+,35+,37?,39?,40?,41?,42?/m11/s1. The van der Waals surface area contributed by atoms with E-state index in [0.29, 0.717) is 49.2 Å². The van der Waals surface area contributed by atoms with Gasteiger partial charge in [0.1, 0.15) is 48.8 Å². The van der Waals surface area contributed by atoms with Gasteiger partial charge in [0.25, 0.3) is 0 Å². The van der Waals surface area contributed by atoms with Crippen molar-refractivity contribution in [3.63, 3.8) is 0 Å². The molecule has 0 amide bonds. The van der Waals surface area contributed by atoms with Crippen LogP contribution in [0.3, 0.4) is 0 Å². The van der Waals surface area contributed by atoms with Crippen molar-refractivity contribution in [2.24, 2.45) is 82.9 Å². The van der Waals surface area contributed by atoms with E-state index in [-0.39, 0.29) is 188 Å². The van der Waals surface area contributed by atoms with Gasteiger partial charge in [0.2, 0.25) is 0 Å². The van der Waals surface area contributed by atoms with Crippen LogP contribution in [-0.4, -0.2) is 215 Å². The third-order valence-electron chi connectivity index (χ3n) is 27.6. The number of ketones is 2. The van der Waals surface area contributed by atoms with Crippen LogP contribution in [0.1, 0.15) is 205 Å². The fraction of sp³-hybridized carbons (Fsp3) is 0.882. The Bertz CT molecular complexity index is 2970. The van der Waals surface area contributed by atoms with Crippen molar-refractivity contribution < 1.29 is 95.0 Å². The number of hydrogen-bond donors (Lipinski definition) is 2. The topological polar surface area (TPSA) is 240 Å². The Morgan fingerprint density at radius 2 is 0.907 bits per heavy atom. The summed E-state index contributed by atoms with van der Waals surface area (Å²) in [7, 11) is 10.7. The summed E-state index contributed by atoms with van der Waals surface area (Å²) in [5, 5.41) is 6.57. The molecule has 2 N–H and O–H groups in total.